The van der Waals surface area contributed by atoms with E-state index in [1.807, 2.05) is 18.2 Å². The van der Waals surface area contributed by atoms with Crippen LogP contribution in [0.3, 0.4) is 0 Å². The summed E-state index contributed by atoms with van der Waals surface area (Å²) in [6, 6.07) is 7.61. The van der Waals surface area contributed by atoms with Gasteiger partial charge in [-0.25, -0.2) is 4.98 Å². The van der Waals surface area contributed by atoms with Crippen LogP contribution < -0.4 is 10.9 Å². The van der Waals surface area contributed by atoms with Crippen molar-refractivity contribution < 1.29 is 4.74 Å². The van der Waals surface area contributed by atoms with Gasteiger partial charge in [0.1, 0.15) is 5.82 Å². The quantitative estimate of drug-likeness (QED) is 0.825. The summed E-state index contributed by atoms with van der Waals surface area (Å²) in [5.41, 5.74) is 0.630. The molecule has 2 aromatic rings. The number of H-pyrrole nitrogens is 1. The molecule has 2 rings (SSSR count). The largest absolute Gasteiger partial charge is 0.383 e. The summed E-state index contributed by atoms with van der Waals surface area (Å²) in [6.07, 6.45) is 0.964. The minimum atomic E-state index is -0.0952. The van der Waals surface area contributed by atoms with E-state index in [1.165, 1.54) is 0 Å². The van der Waals surface area contributed by atoms with Gasteiger partial charge in [-0.2, -0.15) is 0 Å². The van der Waals surface area contributed by atoms with E-state index < -0.39 is 0 Å². The van der Waals surface area contributed by atoms with E-state index in [0.29, 0.717) is 24.4 Å². The standard InChI is InChI=1S/C14H19N3O2/c1-3-10(9-19-2)15-8-13-16-12-7-5-4-6-11(12)14(18)17-13/h4-7,10,15H,3,8-9H2,1-2H3,(H,16,17,18). The molecule has 1 unspecified atom stereocenters. The van der Waals surface area contributed by atoms with Crippen molar-refractivity contribution in [1.29, 1.82) is 0 Å². The fraction of sp³-hybridized carbons (Fsp3) is 0.429. The number of hydrogen-bond donors (Lipinski definition) is 2. The Bertz CT molecular complexity index is 595. The first-order valence-corrected chi connectivity index (χ1v) is 6.44. The van der Waals surface area contributed by atoms with Gasteiger partial charge in [0.25, 0.3) is 5.56 Å². The van der Waals surface area contributed by atoms with Crippen molar-refractivity contribution in [2.75, 3.05) is 13.7 Å². The van der Waals surface area contributed by atoms with Crippen LogP contribution in [0.2, 0.25) is 0 Å². The molecule has 0 aliphatic heterocycles. The topological polar surface area (TPSA) is 67.0 Å². The lowest BCUT2D eigenvalue weighted by molar-refractivity contribution is 0.163. The fourth-order valence-electron chi connectivity index (χ4n) is 1.98. The molecule has 2 N–H and O–H groups in total. The third kappa shape index (κ3) is 3.39. The first kappa shape index (κ1) is 13.7. The Labute approximate surface area is 112 Å². The van der Waals surface area contributed by atoms with Gasteiger partial charge in [-0.05, 0) is 18.6 Å². The Morgan fingerprint density at radius 1 is 1.42 bits per heavy atom. The van der Waals surface area contributed by atoms with E-state index in [2.05, 4.69) is 22.2 Å². The SMILES string of the molecule is CCC(COC)NCc1nc2ccccc2c(=O)[nH]1. The van der Waals surface area contributed by atoms with Crippen LogP contribution in [0.4, 0.5) is 0 Å². The van der Waals surface area contributed by atoms with Gasteiger partial charge in [0.2, 0.25) is 0 Å². The van der Waals surface area contributed by atoms with Gasteiger partial charge in [0.05, 0.1) is 24.1 Å². The molecule has 1 aromatic heterocycles. The molecule has 1 atom stereocenters. The maximum absolute atomic E-state index is 11.9. The second-order valence-electron chi connectivity index (χ2n) is 4.47. The van der Waals surface area contributed by atoms with Gasteiger partial charge in [0.15, 0.2) is 0 Å². The number of nitrogens with zero attached hydrogens (tertiary/aromatic N) is 1. The van der Waals surface area contributed by atoms with E-state index >= 15 is 0 Å². The van der Waals surface area contributed by atoms with Gasteiger partial charge >= 0.3 is 0 Å². The number of para-hydroxylation sites is 1. The number of aromatic amines is 1. The van der Waals surface area contributed by atoms with Crippen molar-refractivity contribution in [3.05, 3.63) is 40.4 Å². The number of methoxy groups -OCH3 is 1. The van der Waals surface area contributed by atoms with Crippen LogP contribution in [0.25, 0.3) is 10.9 Å². The number of nitrogens with one attached hydrogen (secondary N) is 2. The van der Waals surface area contributed by atoms with Crippen molar-refractivity contribution in [2.45, 2.75) is 25.9 Å². The Morgan fingerprint density at radius 2 is 2.21 bits per heavy atom. The molecule has 0 fully saturated rings. The zero-order chi connectivity index (χ0) is 13.7. The van der Waals surface area contributed by atoms with E-state index in [1.54, 1.807) is 13.2 Å². The molecule has 0 bridgehead atoms. The van der Waals surface area contributed by atoms with Gasteiger partial charge in [-0.3, -0.25) is 4.79 Å². The lowest BCUT2D eigenvalue weighted by Gasteiger charge is -2.15. The van der Waals surface area contributed by atoms with Crippen molar-refractivity contribution in [3.8, 4) is 0 Å². The van der Waals surface area contributed by atoms with Gasteiger partial charge in [-0.15, -0.1) is 0 Å². The lowest BCUT2D eigenvalue weighted by atomic mass is 10.2. The molecule has 1 heterocycles. The molecule has 5 nitrogen and oxygen atoms in total. The zero-order valence-electron chi connectivity index (χ0n) is 11.3. The molecule has 0 radical (unpaired) electrons. The Kier molecular flexibility index (Phi) is 4.65. The van der Waals surface area contributed by atoms with E-state index in [-0.39, 0.29) is 11.6 Å². The highest BCUT2D eigenvalue weighted by atomic mass is 16.5. The maximum atomic E-state index is 11.9. The molecule has 0 saturated carbocycles. The highest BCUT2D eigenvalue weighted by Crippen LogP contribution is 2.05. The van der Waals surface area contributed by atoms with E-state index in [0.717, 1.165) is 11.9 Å². The van der Waals surface area contributed by atoms with Gasteiger partial charge < -0.3 is 15.0 Å². The summed E-state index contributed by atoms with van der Waals surface area (Å²) < 4.78 is 5.12. The highest BCUT2D eigenvalue weighted by molar-refractivity contribution is 5.77. The first-order valence-electron chi connectivity index (χ1n) is 6.44. The predicted molar refractivity (Wildman–Crippen MR) is 75.2 cm³/mol. The third-order valence-corrected chi connectivity index (χ3v) is 3.08. The van der Waals surface area contributed by atoms with Crippen LogP contribution in [0, 0.1) is 0 Å². The molecule has 0 spiro atoms. The molecule has 0 amide bonds. The minimum Gasteiger partial charge on any atom is -0.383 e. The molecule has 102 valence electrons. The maximum Gasteiger partial charge on any atom is 0.258 e. The fourth-order valence-corrected chi connectivity index (χ4v) is 1.98. The third-order valence-electron chi connectivity index (χ3n) is 3.08. The van der Waals surface area contributed by atoms with Gasteiger partial charge in [0, 0.05) is 13.2 Å². The second-order valence-corrected chi connectivity index (χ2v) is 4.47. The minimum absolute atomic E-state index is 0.0952. The Balaban J connectivity index is 2.15. The number of rotatable bonds is 6. The molecular formula is C14H19N3O2. The number of aromatic nitrogens is 2. The summed E-state index contributed by atoms with van der Waals surface area (Å²) >= 11 is 0. The predicted octanol–water partition coefficient (Wildman–Crippen LogP) is 1.44. The monoisotopic (exact) mass is 261 g/mol. The summed E-state index contributed by atoms with van der Waals surface area (Å²) in [4.78, 5) is 19.1. The number of benzene rings is 1. The van der Waals surface area contributed by atoms with Crippen LogP contribution in [-0.4, -0.2) is 29.7 Å². The summed E-state index contributed by atoms with van der Waals surface area (Å²) in [5.74, 6) is 0.651. The number of hydrogen-bond acceptors (Lipinski definition) is 4. The average molecular weight is 261 g/mol. The molecule has 1 aromatic carbocycles. The van der Waals surface area contributed by atoms with Crippen LogP contribution in [-0.2, 0) is 11.3 Å². The second kappa shape index (κ2) is 6.45. The van der Waals surface area contributed by atoms with Crippen LogP contribution in [0.1, 0.15) is 19.2 Å². The molecule has 0 aliphatic carbocycles. The Hall–Kier alpha value is -1.72. The van der Waals surface area contributed by atoms with E-state index in [9.17, 15) is 4.79 Å². The van der Waals surface area contributed by atoms with Gasteiger partial charge in [-0.1, -0.05) is 19.1 Å². The van der Waals surface area contributed by atoms with Crippen LogP contribution in [0.5, 0.6) is 0 Å². The average Bonchev–Trinajstić information content (AvgIpc) is 2.43. The molecule has 0 saturated heterocycles. The van der Waals surface area contributed by atoms with Crippen molar-refractivity contribution in [1.82, 2.24) is 15.3 Å². The summed E-state index contributed by atoms with van der Waals surface area (Å²) in [6.45, 7) is 3.27. The molecule has 19 heavy (non-hydrogen) atoms. The normalized spacial score (nSPS) is 12.7. The number of fused-ring (bicyclic) bond motifs is 1. The summed E-state index contributed by atoms with van der Waals surface area (Å²) in [7, 11) is 1.68. The van der Waals surface area contributed by atoms with E-state index in [4.69, 9.17) is 4.74 Å². The first-order chi connectivity index (χ1) is 9.24. The Morgan fingerprint density at radius 3 is 2.95 bits per heavy atom. The van der Waals surface area contributed by atoms with Crippen LogP contribution >= 0.6 is 0 Å². The summed E-state index contributed by atoms with van der Waals surface area (Å²) in [5, 5.41) is 3.94. The smallest absolute Gasteiger partial charge is 0.258 e. The van der Waals surface area contributed by atoms with Crippen LogP contribution in [0.15, 0.2) is 29.1 Å². The van der Waals surface area contributed by atoms with Crippen molar-refractivity contribution in [3.63, 3.8) is 0 Å². The lowest BCUT2D eigenvalue weighted by Crippen LogP contribution is -2.33. The highest BCUT2D eigenvalue weighted by Gasteiger charge is 2.07. The molecule has 0 aliphatic rings. The van der Waals surface area contributed by atoms with Crippen molar-refractivity contribution >= 4 is 10.9 Å². The molecular weight excluding hydrogens is 242 g/mol. The van der Waals surface area contributed by atoms with Crippen molar-refractivity contribution in [2.24, 2.45) is 0 Å². The number of ether oxygens (including phenoxy) is 1. The zero-order valence-corrected chi connectivity index (χ0v) is 11.3. The molecule has 5 heteroatoms.